The third-order valence-corrected chi connectivity index (χ3v) is 7.01. The lowest BCUT2D eigenvalue weighted by molar-refractivity contribution is -0.137. The molecule has 0 N–H and O–H groups in total. The maximum Gasteiger partial charge on any atom is 0.416 e. The number of rotatable bonds is 4. The van der Waals surface area contributed by atoms with Gasteiger partial charge in [-0.25, -0.2) is 9.07 Å². The maximum atomic E-state index is 14.0. The number of aromatic nitrogens is 2. The number of para-hydroxylation sites is 1. The van der Waals surface area contributed by atoms with Gasteiger partial charge in [0.2, 0.25) is 0 Å². The highest BCUT2D eigenvalue weighted by Crippen LogP contribution is 2.44. The first kappa shape index (κ1) is 26.1. The molecular formula is C29H24F4N4O2. The van der Waals surface area contributed by atoms with Gasteiger partial charge in [0.05, 0.1) is 16.9 Å². The molecule has 0 saturated heterocycles. The minimum atomic E-state index is -4.63. The van der Waals surface area contributed by atoms with Crippen molar-refractivity contribution in [1.82, 2.24) is 14.7 Å². The van der Waals surface area contributed by atoms with E-state index in [1.54, 1.807) is 18.7 Å². The van der Waals surface area contributed by atoms with Gasteiger partial charge < -0.3 is 4.90 Å². The van der Waals surface area contributed by atoms with E-state index in [-0.39, 0.29) is 5.56 Å². The zero-order valence-electron chi connectivity index (χ0n) is 21.3. The normalized spacial score (nSPS) is 17.2. The molecule has 1 aliphatic rings. The smallest absolute Gasteiger partial charge is 0.329 e. The van der Waals surface area contributed by atoms with Gasteiger partial charge in [-0.1, -0.05) is 36.4 Å². The standard InChI is InChI=1S/C29H24F4N4O2/c1-17-23-24(18-12-14-21(30)15-13-18)25(35(2)27(38)19-8-7-9-20(16-19)29(31,32)33)28(39)36(3)26(23)37(34-17)22-10-5-4-6-11-22/h4-16,24-25H,1-3H3/t24-,25-/m0/s1. The van der Waals surface area contributed by atoms with Crippen LogP contribution in [0.4, 0.5) is 23.4 Å². The van der Waals surface area contributed by atoms with E-state index in [0.29, 0.717) is 28.3 Å². The molecule has 10 heteroatoms. The summed E-state index contributed by atoms with van der Waals surface area (Å²) >= 11 is 0. The third-order valence-electron chi connectivity index (χ3n) is 7.01. The van der Waals surface area contributed by atoms with Gasteiger partial charge in [0, 0.05) is 31.1 Å². The first-order chi connectivity index (χ1) is 18.5. The molecule has 0 saturated carbocycles. The average molecular weight is 537 g/mol. The van der Waals surface area contributed by atoms with Crippen molar-refractivity contribution < 1.29 is 27.2 Å². The summed E-state index contributed by atoms with van der Waals surface area (Å²) in [5.41, 5.74) is 1.35. The van der Waals surface area contributed by atoms with Crippen molar-refractivity contribution in [3.63, 3.8) is 0 Å². The summed E-state index contributed by atoms with van der Waals surface area (Å²) in [7, 11) is 2.95. The number of anilines is 1. The summed E-state index contributed by atoms with van der Waals surface area (Å²) in [4.78, 5) is 30.1. The van der Waals surface area contributed by atoms with Crippen LogP contribution in [0.5, 0.6) is 0 Å². The molecule has 1 aromatic heterocycles. The summed E-state index contributed by atoms with van der Waals surface area (Å²) in [6.07, 6.45) is -4.63. The van der Waals surface area contributed by atoms with Crippen LogP contribution in [0.2, 0.25) is 0 Å². The predicted molar refractivity (Wildman–Crippen MR) is 137 cm³/mol. The van der Waals surface area contributed by atoms with Crippen LogP contribution in [0.1, 0.15) is 38.7 Å². The Balaban J connectivity index is 1.67. The Morgan fingerprint density at radius 3 is 2.28 bits per heavy atom. The van der Waals surface area contributed by atoms with E-state index in [1.807, 2.05) is 30.3 Å². The molecule has 0 radical (unpaired) electrons. The van der Waals surface area contributed by atoms with Crippen molar-refractivity contribution in [2.24, 2.45) is 0 Å². The first-order valence-corrected chi connectivity index (χ1v) is 12.1. The van der Waals surface area contributed by atoms with Gasteiger partial charge in [0.25, 0.3) is 11.8 Å². The number of benzene rings is 3. The quantitative estimate of drug-likeness (QED) is 0.320. The van der Waals surface area contributed by atoms with Crippen molar-refractivity contribution >= 4 is 17.6 Å². The van der Waals surface area contributed by atoms with Crippen LogP contribution in [0.25, 0.3) is 5.69 Å². The van der Waals surface area contributed by atoms with Gasteiger partial charge >= 0.3 is 6.18 Å². The second-order valence-electron chi connectivity index (χ2n) is 9.44. The summed E-state index contributed by atoms with van der Waals surface area (Å²) < 4.78 is 55.6. The molecule has 2 heterocycles. The number of hydrogen-bond acceptors (Lipinski definition) is 3. The molecule has 200 valence electrons. The van der Waals surface area contributed by atoms with Crippen LogP contribution in [-0.2, 0) is 11.0 Å². The molecule has 0 spiro atoms. The monoisotopic (exact) mass is 536 g/mol. The Labute approximate surface area is 222 Å². The molecule has 6 nitrogen and oxygen atoms in total. The molecule has 2 amide bonds. The van der Waals surface area contributed by atoms with E-state index in [0.717, 1.165) is 23.1 Å². The van der Waals surface area contributed by atoms with E-state index < -0.39 is 41.3 Å². The van der Waals surface area contributed by atoms with Crippen LogP contribution in [0.15, 0.2) is 78.9 Å². The van der Waals surface area contributed by atoms with E-state index >= 15 is 0 Å². The van der Waals surface area contributed by atoms with Crippen molar-refractivity contribution in [1.29, 1.82) is 0 Å². The van der Waals surface area contributed by atoms with Crippen LogP contribution in [0, 0.1) is 12.7 Å². The summed E-state index contributed by atoms with van der Waals surface area (Å²) in [5.74, 6) is -1.95. The predicted octanol–water partition coefficient (Wildman–Crippen LogP) is 5.59. The highest BCUT2D eigenvalue weighted by Gasteiger charge is 2.47. The number of carbonyl (C=O) groups is 2. The van der Waals surface area contributed by atoms with Gasteiger partial charge in [-0.15, -0.1) is 0 Å². The number of halogens is 4. The summed E-state index contributed by atoms with van der Waals surface area (Å²) in [5, 5.41) is 4.70. The van der Waals surface area contributed by atoms with Crippen molar-refractivity contribution in [3.05, 3.63) is 113 Å². The van der Waals surface area contributed by atoms with E-state index in [1.165, 1.54) is 42.3 Å². The van der Waals surface area contributed by atoms with Crippen molar-refractivity contribution in [2.75, 3.05) is 19.0 Å². The fourth-order valence-electron chi connectivity index (χ4n) is 5.13. The number of alkyl halides is 3. The molecule has 5 rings (SSSR count). The lowest BCUT2D eigenvalue weighted by atomic mass is 9.80. The topological polar surface area (TPSA) is 58.4 Å². The first-order valence-electron chi connectivity index (χ1n) is 12.1. The number of hydrogen-bond donors (Lipinski definition) is 0. The fourth-order valence-corrected chi connectivity index (χ4v) is 5.13. The Morgan fingerprint density at radius 2 is 1.64 bits per heavy atom. The molecule has 0 aliphatic carbocycles. The minimum Gasteiger partial charge on any atom is -0.329 e. The highest BCUT2D eigenvalue weighted by molar-refractivity contribution is 6.05. The Morgan fingerprint density at radius 1 is 0.974 bits per heavy atom. The molecule has 0 unspecified atom stereocenters. The summed E-state index contributed by atoms with van der Waals surface area (Å²) in [6, 6.07) is 17.8. The molecule has 39 heavy (non-hydrogen) atoms. The van der Waals surface area contributed by atoms with E-state index in [4.69, 9.17) is 5.10 Å². The fraction of sp³-hybridized carbons (Fsp3) is 0.207. The van der Waals surface area contributed by atoms with Gasteiger partial charge in [0.15, 0.2) is 0 Å². The number of amides is 2. The molecule has 4 aromatic rings. The van der Waals surface area contributed by atoms with Crippen molar-refractivity contribution in [3.8, 4) is 5.69 Å². The third kappa shape index (κ3) is 4.56. The maximum absolute atomic E-state index is 14.0. The molecule has 0 bridgehead atoms. The van der Waals surface area contributed by atoms with Crippen molar-refractivity contribution in [2.45, 2.75) is 25.1 Å². The van der Waals surface area contributed by atoms with Gasteiger partial charge in [-0.2, -0.15) is 18.3 Å². The highest BCUT2D eigenvalue weighted by atomic mass is 19.4. The number of nitrogens with zero attached hydrogens (tertiary/aromatic N) is 4. The molecule has 3 aromatic carbocycles. The lowest BCUT2D eigenvalue weighted by Crippen LogP contribution is -2.55. The van der Waals surface area contributed by atoms with Crippen LogP contribution < -0.4 is 4.90 Å². The molecular weight excluding hydrogens is 512 g/mol. The lowest BCUT2D eigenvalue weighted by Gasteiger charge is -2.41. The molecule has 0 fully saturated rings. The second kappa shape index (κ2) is 9.68. The second-order valence-corrected chi connectivity index (χ2v) is 9.44. The minimum absolute atomic E-state index is 0.205. The summed E-state index contributed by atoms with van der Waals surface area (Å²) in [6.45, 7) is 1.78. The SMILES string of the molecule is Cc1nn(-c2ccccc2)c2c1[C@H](c1ccc(F)cc1)[C@H](N(C)C(=O)c1cccc(C(F)(F)F)c1)C(=O)N2C. The van der Waals surface area contributed by atoms with Gasteiger partial charge in [0.1, 0.15) is 17.7 Å². The van der Waals surface area contributed by atoms with E-state index in [9.17, 15) is 27.2 Å². The van der Waals surface area contributed by atoms with Crippen LogP contribution >= 0.6 is 0 Å². The number of fused-ring (bicyclic) bond motifs is 1. The van der Waals surface area contributed by atoms with Gasteiger partial charge in [-0.05, 0) is 55.0 Å². The van der Waals surface area contributed by atoms with Crippen LogP contribution in [0.3, 0.4) is 0 Å². The number of aryl methyl sites for hydroxylation is 1. The largest absolute Gasteiger partial charge is 0.416 e. The number of likely N-dealkylation sites (N-methyl/N-ethyl adjacent to an activating group) is 2. The zero-order valence-corrected chi connectivity index (χ0v) is 21.3. The Hall–Kier alpha value is -4.47. The molecule has 1 aliphatic heterocycles. The van der Waals surface area contributed by atoms with E-state index in [2.05, 4.69) is 0 Å². The van der Waals surface area contributed by atoms with Crippen LogP contribution in [-0.4, -0.2) is 46.6 Å². The number of carbonyl (C=O) groups excluding carboxylic acids is 2. The zero-order chi connectivity index (χ0) is 28.1. The Bertz CT molecular complexity index is 1550. The average Bonchev–Trinajstić information content (AvgIpc) is 3.27. The molecule has 2 atom stereocenters. The van der Waals surface area contributed by atoms with Gasteiger partial charge in [-0.3, -0.25) is 14.5 Å². The Kier molecular flexibility index (Phi) is 6.49.